The highest BCUT2D eigenvalue weighted by Crippen LogP contribution is 2.31. The lowest BCUT2D eigenvalue weighted by atomic mass is 9.98. The molecular formula is C7H8F2N2. The minimum absolute atomic E-state index is 0.0174. The minimum Gasteiger partial charge on any atom is -0.293 e. The number of alkyl halides is 1. The maximum atomic E-state index is 12.9. The molecule has 0 aromatic heterocycles. The van der Waals surface area contributed by atoms with Gasteiger partial charge in [0.25, 0.3) is 0 Å². The average molecular weight is 158 g/mol. The van der Waals surface area contributed by atoms with Crippen molar-refractivity contribution in [3.63, 3.8) is 0 Å². The molecule has 1 heterocycles. The molecule has 2 nitrogen and oxygen atoms in total. The van der Waals surface area contributed by atoms with Crippen LogP contribution in [0.2, 0.25) is 0 Å². The lowest BCUT2D eigenvalue weighted by molar-refractivity contribution is -0.0955. The number of allylic oxidation sites excluding steroid dienone is 3. The zero-order valence-corrected chi connectivity index (χ0v) is 5.80. The molecule has 0 spiro atoms. The first-order valence-electron chi connectivity index (χ1n) is 3.51. The van der Waals surface area contributed by atoms with E-state index < -0.39 is 6.30 Å². The molecule has 0 saturated carbocycles. The summed E-state index contributed by atoms with van der Waals surface area (Å²) in [6.07, 6.45) is 4.36. The van der Waals surface area contributed by atoms with Crippen LogP contribution >= 0.6 is 0 Å². The fourth-order valence-corrected chi connectivity index (χ4v) is 1.37. The number of rotatable bonds is 0. The molecule has 2 aliphatic rings. The Balaban J connectivity index is 2.23. The number of hydrogen-bond acceptors (Lipinski definition) is 2. The summed E-state index contributed by atoms with van der Waals surface area (Å²) in [6.45, 7) is 0. The van der Waals surface area contributed by atoms with Crippen LogP contribution in [0.15, 0.2) is 23.9 Å². The molecule has 0 aromatic carbocycles. The van der Waals surface area contributed by atoms with E-state index in [4.69, 9.17) is 0 Å². The topological polar surface area (TPSA) is 15.3 Å². The molecule has 0 amide bonds. The molecule has 1 saturated heterocycles. The number of hydrogen-bond donors (Lipinski definition) is 1. The third-order valence-corrected chi connectivity index (χ3v) is 1.99. The summed E-state index contributed by atoms with van der Waals surface area (Å²) in [6, 6.07) is 0. The highest BCUT2D eigenvalue weighted by Gasteiger charge is 2.38. The zero-order valence-electron chi connectivity index (χ0n) is 5.80. The Morgan fingerprint density at radius 2 is 2.45 bits per heavy atom. The molecule has 1 aliphatic heterocycles. The van der Waals surface area contributed by atoms with Crippen LogP contribution in [0.25, 0.3) is 0 Å². The van der Waals surface area contributed by atoms with Gasteiger partial charge in [-0.2, -0.15) is 0 Å². The quantitative estimate of drug-likeness (QED) is 0.424. The molecule has 1 N–H and O–H groups in total. The molecule has 4 heteroatoms. The van der Waals surface area contributed by atoms with Crippen LogP contribution in [0.5, 0.6) is 0 Å². The maximum Gasteiger partial charge on any atom is 0.209 e. The van der Waals surface area contributed by atoms with Gasteiger partial charge >= 0.3 is 0 Å². The van der Waals surface area contributed by atoms with Crippen molar-refractivity contribution in [1.29, 1.82) is 0 Å². The predicted molar refractivity (Wildman–Crippen MR) is 36.3 cm³/mol. The van der Waals surface area contributed by atoms with Gasteiger partial charge < -0.3 is 0 Å². The van der Waals surface area contributed by atoms with Crippen molar-refractivity contribution in [1.82, 2.24) is 10.7 Å². The van der Waals surface area contributed by atoms with Gasteiger partial charge in [-0.05, 0) is 17.7 Å². The van der Waals surface area contributed by atoms with Crippen LogP contribution in [0.3, 0.4) is 0 Å². The maximum absolute atomic E-state index is 12.9. The SMILES string of the molecule is F[C@H]1[C@@H]2CC=CC=C2NN1F. The largest absolute Gasteiger partial charge is 0.293 e. The molecule has 0 bridgehead atoms. The Kier molecular flexibility index (Phi) is 1.42. The first kappa shape index (κ1) is 6.79. The molecule has 0 radical (unpaired) electrons. The number of nitrogens with zero attached hydrogens (tertiary/aromatic N) is 1. The van der Waals surface area contributed by atoms with Gasteiger partial charge in [0.05, 0.1) is 5.92 Å². The molecule has 2 rings (SSSR count). The summed E-state index contributed by atoms with van der Waals surface area (Å²) in [5.74, 6) is -0.343. The number of nitrogens with one attached hydrogen (secondary N) is 1. The first-order chi connectivity index (χ1) is 5.29. The summed E-state index contributed by atoms with van der Waals surface area (Å²) < 4.78 is 25.4. The van der Waals surface area contributed by atoms with Crippen molar-refractivity contribution in [3.8, 4) is 0 Å². The van der Waals surface area contributed by atoms with Crippen molar-refractivity contribution in [2.45, 2.75) is 12.7 Å². The monoisotopic (exact) mass is 158 g/mol. The molecule has 11 heavy (non-hydrogen) atoms. The summed E-state index contributed by atoms with van der Waals surface area (Å²) in [4.78, 5) is 0. The van der Waals surface area contributed by atoms with Gasteiger partial charge in [-0.15, -0.1) is 4.48 Å². The van der Waals surface area contributed by atoms with Gasteiger partial charge in [0.15, 0.2) is 0 Å². The fourth-order valence-electron chi connectivity index (χ4n) is 1.37. The Labute approximate surface area is 63.1 Å². The van der Waals surface area contributed by atoms with Crippen LogP contribution in [0.4, 0.5) is 8.87 Å². The Hall–Kier alpha value is -0.900. The third kappa shape index (κ3) is 0.939. The van der Waals surface area contributed by atoms with Crippen molar-refractivity contribution < 1.29 is 8.87 Å². The van der Waals surface area contributed by atoms with E-state index in [1.54, 1.807) is 12.2 Å². The summed E-state index contributed by atoms with van der Waals surface area (Å²) in [5, 5.41) is 0.0174. The highest BCUT2D eigenvalue weighted by molar-refractivity contribution is 5.22. The first-order valence-corrected chi connectivity index (χ1v) is 3.51. The van der Waals surface area contributed by atoms with Crippen LogP contribution < -0.4 is 5.43 Å². The third-order valence-electron chi connectivity index (χ3n) is 1.99. The standard InChI is InChI=1S/C7H8F2N2/c8-7-5-3-1-2-4-6(5)10-11(7)9/h1-2,4-5,7,10H,3H2/t5-,7-/m1/s1. The predicted octanol–water partition coefficient (Wildman–Crippen LogP) is 1.45. The number of hydrazine groups is 1. The second-order valence-corrected chi connectivity index (χ2v) is 2.69. The van der Waals surface area contributed by atoms with Gasteiger partial charge in [-0.25, -0.2) is 4.39 Å². The van der Waals surface area contributed by atoms with E-state index in [9.17, 15) is 8.87 Å². The smallest absolute Gasteiger partial charge is 0.209 e. The van der Waals surface area contributed by atoms with Crippen molar-refractivity contribution in [3.05, 3.63) is 23.9 Å². The van der Waals surface area contributed by atoms with Gasteiger partial charge in [0.2, 0.25) is 6.30 Å². The zero-order chi connectivity index (χ0) is 7.84. The van der Waals surface area contributed by atoms with E-state index in [-0.39, 0.29) is 11.1 Å². The summed E-state index contributed by atoms with van der Waals surface area (Å²) in [7, 11) is 0. The van der Waals surface area contributed by atoms with Crippen molar-refractivity contribution in [2.24, 2.45) is 5.92 Å². The molecule has 60 valence electrons. The molecule has 0 aromatic rings. The average Bonchev–Trinajstić information content (AvgIpc) is 2.30. The highest BCUT2D eigenvalue weighted by atomic mass is 19.2. The van der Waals surface area contributed by atoms with Gasteiger partial charge in [0, 0.05) is 5.70 Å². The van der Waals surface area contributed by atoms with E-state index in [1.165, 1.54) is 0 Å². The summed E-state index contributed by atoms with van der Waals surface area (Å²) >= 11 is 0. The van der Waals surface area contributed by atoms with Crippen molar-refractivity contribution >= 4 is 0 Å². The minimum atomic E-state index is -1.54. The second kappa shape index (κ2) is 2.30. The summed E-state index contributed by atoms with van der Waals surface area (Å²) in [5.41, 5.74) is 2.93. The van der Waals surface area contributed by atoms with Gasteiger partial charge in [-0.3, -0.25) is 5.43 Å². The Bertz CT molecular complexity index is 224. The lowest BCUT2D eigenvalue weighted by Crippen LogP contribution is -2.26. The van der Waals surface area contributed by atoms with E-state index in [0.717, 1.165) is 0 Å². The second-order valence-electron chi connectivity index (χ2n) is 2.69. The molecular weight excluding hydrogens is 150 g/mol. The number of fused-ring (bicyclic) bond motifs is 1. The van der Waals surface area contributed by atoms with Crippen LogP contribution in [0.1, 0.15) is 6.42 Å². The van der Waals surface area contributed by atoms with E-state index in [0.29, 0.717) is 12.1 Å². The molecule has 0 unspecified atom stereocenters. The fraction of sp³-hybridized carbons (Fsp3) is 0.429. The van der Waals surface area contributed by atoms with Crippen LogP contribution in [-0.2, 0) is 0 Å². The molecule has 1 fully saturated rings. The van der Waals surface area contributed by atoms with E-state index in [1.807, 2.05) is 6.08 Å². The van der Waals surface area contributed by atoms with Crippen molar-refractivity contribution in [2.75, 3.05) is 0 Å². The molecule has 2 atom stereocenters. The Morgan fingerprint density at radius 1 is 1.64 bits per heavy atom. The van der Waals surface area contributed by atoms with Gasteiger partial charge in [-0.1, -0.05) is 12.2 Å². The van der Waals surface area contributed by atoms with Crippen LogP contribution in [0, 0.1) is 5.92 Å². The van der Waals surface area contributed by atoms with E-state index >= 15 is 0 Å². The van der Waals surface area contributed by atoms with Gasteiger partial charge in [0.1, 0.15) is 0 Å². The van der Waals surface area contributed by atoms with Crippen LogP contribution in [-0.4, -0.2) is 11.5 Å². The molecule has 1 aliphatic carbocycles. The normalized spacial score (nSPS) is 36.4. The lowest BCUT2D eigenvalue weighted by Gasteiger charge is -2.11. The number of halogens is 2. The van der Waals surface area contributed by atoms with E-state index in [2.05, 4.69) is 5.43 Å². The Morgan fingerprint density at radius 3 is 3.18 bits per heavy atom.